The van der Waals surface area contributed by atoms with E-state index in [0.29, 0.717) is 13.0 Å². The van der Waals surface area contributed by atoms with Crippen molar-refractivity contribution in [3.63, 3.8) is 0 Å². The third-order valence-electron chi connectivity index (χ3n) is 4.04. The van der Waals surface area contributed by atoms with Gasteiger partial charge in [-0.3, -0.25) is 4.79 Å². The van der Waals surface area contributed by atoms with E-state index in [-0.39, 0.29) is 41.8 Å². The van der Waals surface area contributed by atoms with E-state index in [1.807, 2.05) is 11.8 Å². The zero-order valence-corrected chi connectivity index (χ0v) is 13.6. The van der Waals surface area contributed by atoms with E-state index in [2.05, 4.69) is 5.32 Å². The molecule has 2 fully saturated rings. The van der Waals surface area contributed by atoms with Gasteiger partial charge in [-0.15, -0.1) is 12.4 Å². The first-order valence-corrected chi connectivity index (χ1v) is 9.07. The smallest absolute Gasteiger partial charge is 0.227 e. The average Bonchev–Trinajstić information content (AvgIpc) is 2.76. The number of sulfone groups is 1. The van der Waals surface area contributed by atoms with Crippen molar-refractivity contribution in [1.29, 1.82) is 0 Å². The molecule has 1 amide bonds. The molecule has 0 radical (unpaired) electrons. The summed E-state index contributed by atoms with van der Waals surface area (Å²) in [7, 11) is -2.93. The van der Waals surface area contributed by atoms with Gasteiger partial charge in [0.1, 0.15) is 0 Å². The Labute approximate surface area is 127 Å². The maximum Gasteiger partial charge on any atom is 0.227 e. The van der Waals surface area contributed by atoms with Crippen molar-refractivity contribution in [2.45, 2.75) is 38.6 Å². The van der Waals surface area contributed by atoms with Crippen LogP contribution in [0.1, 0.15) is 32.6 Å². The maximum absolute atomic E-state index is 12.6. The first kappa shape index (κ1) is 17.7. The molecule has 20 heavy (non-hydrogen) atoms. The second kappa shape index (κ2) is 7.61. The third kappa shape index (κ3) is 4.33. The highest BCUT2D eigenvalue weighted by Gasteiger charge is 2.36. The Morgan fingerprint density at radius 1 is 1.35 bits per heavy atom. The summed E-state index contributed by atoms with van der Waals surface area (Å²) in [5.41, 5.74) is 0. The minimum absolute atomic E-state index is 0. The second-order valence-corrected chi connectivity index (χ2v) is 7.86. The molecule has 0 bridgehead atoms. The number of hydrogen-bond donors (Lipinski definition) is 1. The molecule has 2 rings (SSSR count). The molecule has 2 heterocycles. The predicted octanol–water partition coefficient (Wildman–Crippen LogP) is 0.833. The number of carbonyl (C=O) groups is 1. The number of carbonyl (C=O) groups excluding carboxylic acids is 1. The van der Waals surface area contributed by atoms with Crippen molar-refractivity contribution in [1.82, 2.24) is 10.2 Å². The van der Waals surface area contributed by atoms with Crippen molar-refractivity contribution < 1.29 is 13.2 Å². The van der Waals surface area contributed by atoms with Gasteiger partial charge in [0.25, 0.3) is 0 Å². The van der Waals surface area contributed by atoms with Gasteiger partial charge in [0.15, 0.2) is 9.84 Å². The molecule has 0 aliphatic carbocycles. The van der Waals surface area contributed by atoms with E-state index >= 15 is 0 Å². The number of nitrogens with one attached hydrogen (secondary N) is 1. The van der Waals surface area contributed by atoms with Crippen LogP contribution in [0.15, 0.2) is 0 Å². The molecule has 1 N–H and O–H groups in total. The van der Waals surface area contributed by atoms with E-state index in [1.165, 1.54) is 0 Å². The van der Waals surface area contributed by atoms with E-state index in [9.17, 15) is 13.2 Å². The predicted molar refractivity (Wildman–Crippen MR) is 81.9 cm³/mol. The first-order valence-electron chi connectivity index (χ1n) is 7.25. The number of hydrogen-bond acceptors (Lipinski definition) is 4. The lowest BCUT2D eigenvalue weighted by Crippen LogP contribution is -2.48. The van der Waals surface area contributed by atoms with Gasteiger partial charge >= 0.3 is 0 Å². The highest BCUT2D eigenvalue weighted by atomic mass is 35.5. The normalized spacial score (nSPS) is 28.6. The molecule has 0 spiro atoms. The summed E-state index contributed by atoms with van der Waals surface area (Å²) >= 11 is 0. The van der Waals surface area contributed by atoms with Crippen LogP contribution in [0.2, 0.25) is 0 Å². The third-order valence-corrected chi connectivity index (χ3v) is 5.79. The fraction of sp³-hybridized carbons (Fsp3) is 0.923. The van der Waals surface area contributed by atoms with Gasteiger partial charge in [-0.2, -0.15) is 0 Å². The van der Waals surface area contributed by atoms with Gasteiger partial charge in [-0.1, -0.05) is 6.92 Å². The minimum Gasteiger partial charge on any atom is -0.338 e. The Balaban J connectivity index is 0.00000200. The van der Waals surface area contributed by atoms with Crippen LogP contribution in [-0.2, 0) is 14.6 Å². The van der Waals surface area contributed by atoms with E-state index in [1.54, 1.807) is 0 Å². The molecular formula is C13H25ClN2O3S. The Kier molecular flexibility index (Phi) is 6.75. The summed E-state index contributed by atoms with van der Waals surface area (Å²) in [6.45, 7) is 4.42. The van der Waals surface area contributed by atoms with Gasteiger partial charge < -0.3 is 10.2 Å². The lowest BCUT2D eigenvalue weighted by molar-refractivity contribution is -0.138. The minimum atomic E-state index is -2.93. The molecule has 2 unspecified atom stereocenters. The van der Waals surface area contributed by atoms with Crippen LogP contribution in [0, 0.1) is 5.92 Å². The molecule has 0 saturated carbocycles. The molecule has 118 valence electrons. The number of rotatable bonds is 4. The molecule has 2 saturated heterocycles. The lowest BCUT2D eigenvalue weighted by Gasteiger charge is -2.33. The molecule has 0 aromatic carbocycles. The topological polar surface area (TPSA) is 66.5 Å². The Morgan fingerprint density at radius 2 is 2.10 bits per heavy atom. The van der Waals surface area contributed by atoms with Crippen LogP contribution in [0.4, 0.5) is 0 Å². The van der Waals surface area contributed by atoms with Crippen molar-refractivity contribution in [3.8, 4) is 0 Å². The van der Waals surface area contributed by atoms with Crippen molar-refractivity contribution >= 4 is 28.2 Å². The van der Waals surface area contributed by atoms with Crippen LogP contribution in [0.25, 0.3) is 0 Å². The molecule has 5 nitrogen and oxygen atoms in total. The van der Waals surface area contributed by atoms with Gasteiger partial charge in [0, 0.05) is 19.1 Å². The average molecular weight is 325 g/mol. The van der Waals surface area contributed by atoms with Crippen molar-refractivity contribution in [2.24, 2.45) is 5.92 Å². The molecule has 2 aliphatic rings. The van der Waals surface area contributed by atoms with Gasteiger partial charge in [0.05, 0.1) is 17.4 Å². The lowest BCUT2D eigenvalue weighted by atomic mass is 9.97. The van der Waals surface area contributed by atoms with Gasteiger partial charge in [0.2, 0.25) is 5.91 Å². The van der Waals surface area contributed by atoms with Crippen molar-refractivity contribution in [3.05, 3.63) is 0 Å². The fourth-order valence-electron chi connectivity index (χ4n) is 3.03. The molecule has 2 atom stereocenters. The zero-order chi connectivity index (χ0) is 13.9. The second-order valence-electron chi connectivity index (χ2n) is 5.63. The van der Waals surface area contributed by atoms with E-state index in [0.717, 1.165) is 32.4 Å². The summed E-state index contributed by atoms with van der Waals surface area (Å²) in [6, 6.07) is -0.0978. The fourth-order valence-corrected chi connectivity index (χ4v) is 4.76. The number of piperidine rings is 1. The molecule has 0 aromatic rings. The van der Waals surface area contributed by atoms with Crippen LogP contribution < -0.4 is 5.32 Å². The zero-order valence-electron chi connectivity index (χ0n) is 12.0. The first-order chi connectivity index (χ1) is 9.03. The number of nitrogens with zero attached hydrogens (tertiary/aromatic N) is 1. The Bertz CT molecular complexity index is 421. The monoisotopic (exact) mass is 324 g/mol. The van der Waals surface area contributed by atoms with Crippen LogP contribution >= 0.6 is 12.4 Å². The quantitative estimate of drug-likeness (QED) is 0.832. The summed E-state index contributed by atoms with van der Waals surface area (Å²) < 4.78 is 23.2. The molecular weight excluding hydrogens is 300 g/mol. The number of halogens is 1. The largest absolute Gasteiger partial charge is 0.338 e. The van der Waals surface area contributed by atoms with E-state index < -0.39 is 9.84 Å². The highest BCUT2D eigenvalue weighted by molar-refractivity contribution is 7.91. The van der Waals surface area contributed by atoms with Crippen LogP contribution in [-0.4, -0.2) is 56.4 Å². The summed E-state index contributed by atoms with van der Waals surface area (Å²) in [4.78, 5) is 14.4. The SMILES string of the molecule is CCCN(C(=O)C1CCCNC1)C1CCS(=O)(=O)C1.Cl. The Morgan fingerprint density at radius 3 is 2.60 bits per heavy atom. The Hall–Kier alpha value is -0.330. The summed E-state index contributed by atoms with van der Waals surface area (Å²) in [5, 5.41) is 3.25. The molecule has 7 heteroatoms. The van der Waals surface area contributed by atoms with Gasteiger partial charge in [-0.05, 0) is 32.2 Å². The molecule has 2 aliphatic heterocycles. The van der Waals surface area contributed by atoms with Crippen LogP contribution in [0.3, 0.4) is 0 Å². The van der Waals surface area contributed by atoms with Crippen LogP contribution in [0.5, 0.6) is 0 Å². The van der Waals surface area contributed by atoms with E-state index in [4.69, 9.17) is 0 Å². The van der Waals surface area contributed by atoms with Gasteiger partial charge in [-0.25, -0.2) is 8.42 Å². The number of amides is 1. The summed E-state index contributed by atoms with van der Waals surface area (Å²) in [6.07, 6.45) is 3.43. The molecule has 0 aromatic heterocycles. The maximum atomic E-state index is 12.6. The standard InChI is InChI=1S/C13H24N2O3S.ClH/c1-2-7-15(12-5-8-19(17,18)10-12)13(16)11-4-3-6-14-9-11;/h11-12,14H,2-10H2,1H3;1H. The van der Waals surface area contributed by atoms with Crippen molar-refractivity contribution in [2.75, 3.05) is 31.1 Å². The highest BCUT2D eigenvalue weighted by Crippen LogP contribution is 2.22. The summed E-state index contributed by atoms with van der Waals surface area (Å²) in [5.74, 6) is 0.562.